The first-order valence-electron chi connectivity index (χ1n) is 12.2. The summed E-state index contributed by atoms with van der Waals surface area (Å²) in [6, 6.07) is 0. The summed E-state index contributed by atoms with van der Waals surface area (Å²) in [4.78, 5) is 28.7. The molecule has 2 aliphatic rings. The maximum Gasteiger partial charge on any atom is 0.251 e. The highest BCUT2D eigenvalue weighted by Gasteiger charge is 2.28. The first-order chi connectivity index (χ1) is 18.2. The highest BCUT2D eigenvalue weighted by atomic mass is 16.8. The molecule has 3 atom stereocenters. The molecule has 1 fully saturated rings. The Kier molecular flexibility index (Phi) is 16.9. The Bertz CT molecular complexity index is 803. The summed E-state index contributed by atoms with van der Waals surface area (Å²) in [5.41, 5.74) is 1.12. The van der Waals surface area contributed by atoms with Crippen molar-refractivity contribution in [2.45, 2.75) is 44.0 Å². The van der Waals surface area contributed by atoms with Crippen LogP contribution in [0.25, 0.3) is 0 Å². The molecular formula is C23H40N6O9. The van der Waals surface area contributed by atoms with Crippen LogP contribution in [-0.2, 0) is 19.1 Å². The lowest BCUT2D eigenvalue weighted by molar-refractivity contribution is -0.309. The molecule has 2 heterocycles. The molecule has 216 valence electrons. The van der Waals surface area contributed by atoms with E-state index in [1.54, 1.807) is 6.08 Å². The number of hydrogen-bond acceptors (Lipinski definition) is 13. The van der Waals surface area contributed by atoms with E-state index in [-0.39, 0.29) is 49.3 Å². The molecule has 2 amide bonds. The number of carbonyl (C=O) groups is 2. The van der Waals surface area contributed by atoms with E-state index in [1.165, 1.54) is 17.2 Å². The number of aliphatic imine (C=N–C) groups is 1. The molecule has 0 bridgehead atoms. The van der Waals surface area contributed by atoms with E-state index in [4.69, 9.17) is 35.9 Å². The van der Waals surface area contributed by atoms with Crippen molar-refractivity contribution in [2.75, 3.05) is 52.6 Å². The Hall–Kier alpha value is -2.76. The number of hydrazone groups is 1. The lowest BCUT2D eigenvalue weighted by Crippen LogP contribution is -2.42. The second-order valence-electron chi connectivity index (χ2n) is 8.37. The van der Waals surface area contributed by atoms with Gasteiger partial charge < -0.3 is 40.9 Å². The zero-order chi connectivity index (χ0) is 28.3. The number of hydroxylamine groups is 2. The third-order valence-corrected chi connectivity index (χ3v) is 5.40. The van der Waals surface area contributed by atoms with Crippen LogP contribution in [0.3, 0.4) is 0 Å². The van der Waals surface area contributed by atoms with Crippen molar-refractivity contribution in [2.24, 2.45) is 15.9 Å². The number of amides is 2. The molecule has 2 aliphatic heterocycles. The van der Waals surface area contributed by atoms with Crippen LogP contribution in [0.2, 0.25) is 0 Å². The van der Waals surface area contributed by atoms with Crippen molar-refractivity contribution in [1.82, 2.24) is 15.4 Å². The van der Waals surface area contributed by atoms with Gasteiger partial charge in [0.15, 0.2) is 0 Å². The van der Waals surface area contributed by atoms with Crippen LogP contribution >= 0.6 is 0 Å². The Morgan fingerprint density at radius 2 is 2.05 bits per heavy atom. The maximum atomic E-state index is 11.7. The Morgan fingerprint density at radius 1 is 1.29 bits per heavy atom. The summed E-state index contributed by atoms with van der Waals surface area (Å²) < 4.78 is 10.5. The number of nitrogens with zero attached hydrogens (tertiary/aromatic N) is 4. The molecule has 3 unspecified atom stereocenters. The summed E-state index contributed by atoms with van der Waals surface area (Å²) in [6.45, 7) is 5.76. The number of nitrogens with one attached hydrogen (secondary N) is 1. The minimum absolute atomic E-state index is 0.0329. The number of aliphatic hydroxyl groups is 3. The van der Waals surface area contributed by atoms with Crippen molar-refractivity contribution < 1.29 is 44.8 Å². The fourth-order valence-corrected chi connectivity index (χ4v) is 3.27. The number of rotatable bonds is 15. The standard InChI is InChI=1S/C16H25N5O4.C7H15NO5/c1-13-2-3-16(24)21(13)8-4-15(23)19-7-11-25-10-6-18-12-14(20-17)5-9-22;9-6-3-5(1-2-8(11)12)13-4-7(6)10/h2-3,12,22H,1,4-11,17H2,(H,19,23);5-7,9-12H,1-4H2/b18-12?,20-14-;. The Labute approximate surface area is 221 Å². The van der Waals surface area contributed by atoms with Gasteiger partial charge in [-0.15, -0.1) is 0 Å². The van der Waals surface area contributed by atoms with E-state index >= 15 is 0 Å². The highest BCUT2D eigenvalue weighted by molar-refractivity contribution is 6.30. The van der Waals surface area contributed by atoms with Crippen LogP contribution < -0.4 is 11.2 Å². The Balaban J connectivity index is 0.000000464. The van der Waals surface area contributed by atoms with Gasteiger partial charge in [0.25, 0.3) is 5.91 Å². The molecule has 0 saturated carbocycles. The summed E-state index contributed by atoms with van der Waals surface area (Å²) in [7, 11) is 0. The van der Waals surface area contributed by atoms with Gasteiger partial charge in [0.05, 0.1) is 50.8 Å². The number of aliphatic hydroxyl groups excluding tert-OH is 3. The molecule has 0 aliphatic carbocycles. The predicted molar refractivity (Wildman–Crippen MR) is 136 cm³/mol. The van der Waals surface area contributed by atoms with Gasteiger partial charge in [-0.1, -0.05) is 11.8 Å². The summed E-state index contributed by atoms with van der Waals surface area (Å²) in [5, 5.41) is 50.2. The van der Waals surface area contributed by atoms with Crippen molar-refractivity contribution >= 4 is 23.7 Å². The summed E-state index contributed by atoms with van der Waals surface area (Å²) in [5.74, 6) is 4.83. The van der Waals surface area contributed by atoms with Crippen LogP contribution in [0.1, 0.15) is 25.7 Å². The molecule has 15 nitrogen and oxygen atoms in total. The SMILES string of the molecule is C=C1C=CC(=O)N1CCC(=O)NCCOCCN=C/C(CCO)=N\N.OC1COC(CCN(O)O)CC1O. The largest absolute Gasteiger partial charge is 0.396 e. The van der Waals surface area contributed by atoms with E-state index in [2.05, 4.69) is 22.0 Å². The van der Waals surface area contributed by atoms with E-state index in [0.717, 1.165) is 0 Å². The monoisotopic (exact) mass is 544 g/mol. The van der Waals surface area contributed by atoms with Crippen molar-refractivity contribution in [3.05, 3.63) is 24.4 Å². The molecule has 2 rings (SSSR count). The van der Waals surface area contributed by atoms with Gasteiger partial charge in [0.1, 0.15) is 6.10 Å². The van der Waals surface area contributed by atoms with E-state index in [0.29, 0.717) is 63.5 Å². The minimum atomic E-state index is -0.824. The zero-order valence-corrected chi connectivity index (χ0v) is 21.4. The molecule has 0 radical (unpaired) electrons. The minimum Gasteiger partial charge on any atom is -0.396 e. The van der Waals surface area contributed by atoms with Gasteiger partial charge >= 0.3 is 0 Å². The molecule has 15 heteroatoms. The number of ether oxygens (including phenoxy) is 2. The number of nitrogens with two attached hydrogens (primary N) is 1. The van der Waals surface area contributed by atoms with Gasteiger partial charge in [0.2, 0.25) is 5.91 Å². The van der Waals surface area contributed by atoms with Gasteiger partial charge in [-0.25, -0.2) is 0 Å². The smallest absolute Gasteiger partial charge is 0.251 e. The van der Waals surface area contributed by atoms with Crippen LogP contribution in [-0.4, -0.2) is 131 Å². The third-order valence-electron chi connectivity index (χ3n) is 5.40. The van der Waals surface area contributed by atoms with Crippen LogP contribution in [0, 0.1) is 0 Å². The van der Waals surface area contributed by atoms with Gasteiger partial charge in [-0.05, 0) is 12.5 Å². The average Bonchev–Trinajstić information content (AvgIpc) is 3.21. The quantitative estimate of drug-likeness (QED) is 0.0525. The molecule has 0 aromatic carbocycles. The maximum absolute atomic E-state index is 11.7. The van der Waals surface area contributed by atoms with E-state index in [9.17, 15) is 14.7 Å². The van der Waals surface area contributed by atoms with Crippen LogP contribution in [0.4, 0.5) is 0 Å². The first-order valence-corrected chi connectivity index (χ1v) is 12.2. The highest BCUT2D eigenvalue weighted by Crippen LogP contribution is 2.17. The summed E-state index contributed by atoms with van der Waals surface area (Å²) in [6.07, 6.45) is 4.06. The van der Waals surface area contributed by atoms with Gasteiger partial charge in [-0.3, -0.25) is 25.0 Å². The van der Waals surface area contributed by atoms with Crippen molar-refractivity contribution in [3.8, 4) is 0 Å². The first kappa shape index (κ1) is 33.3. The van der Waals surface area contributed by atoms with Crippen LogP contribution in [0.15, 0.2) is 34.5 Å². The summed E-state index contributed by atoms with van der Waals surface area (Å²) >= 11 is 0. The Morgan fingerprint density at radius 3 is 2.66 bits per heavy atom. The number of hydrogen-bond donors (Lipinski definition) is 7. The lowest BCUT2D eigenvalue weighted by atomic mass is 10.0. The fraction of sp³-hybridized carbons (Fsp3) is 0.652. The van der Waals surface area contributed by atoms with Gasteiger partial charge in [-0.2, -0.15) is 5.10 Å². The molecule has 0 aromatic heterocycles. The molecule has 1 saturated heterocycles. The number of carbonyl (C=O) groups excluding carboxylic acids is 2. The molecule has 8 N–H and O–H groups in total. The molecule has 0 spiro atoms. The second kappa shape index (κ2) is 19.3. The predicted octanol–water partition coefficient (Wildman–Crippen LogP) is -1.84. The molecule has 38 heavy (non-hydrogen) atoms. The van der Waals surface area contributed by atoms with E-state index in [1.807, 2.05) is 0 Å². The molecular weight excluding hydrogens is 504 g/mol. The topological polar surface area (TPSA) is 223 Å². The van der Waals surface area contributed by atoms with Crippen LogP contribution in [0.5, 0.6) is 0 Å². The second-order valence-corrected chi connectivity index (χ2v) is 8.37. The molecule has 0 aromatic rings. The zero-order valence-electron chi connectivity index (χ0n) is 21.4. The van der Waals surface area contributed by atoms with Crippen molar-refractivity contribution in [1.29, 1.82) is 0 Å². The third kappa shape index (κ3) is 14.3. The number of allylic oxidation sites excluding steroid dienone is 1. The van der Waals surface area contributed by atoms with Crippen molar-refractivity contribution in [3.63, 3.8) is 0 Å². The fourth-order valence-electron chi connectivity index (χ4n) is 3.27. The average molecular weight is 545 g/mol. The lowest BCUT2D eigenvalue weighted by Gasteiger charge is -2.30. The van der Waals surface area contributed by atoms with E-state index < -0.39 is 12.2 Å². The van der Waals surface area contributed by atoms with Gasteiger partial charge in [0, 0.05) is 56.9 Å². The normalized spacial score (nSPS) is 21.8.